The number of aromatic amines is 1. The zero-order valence-corrected chi connectivity index (χ0v) is 8.79. The summed E-state index contributed by atoms with van der Waals surface area (Å²) in [7, 11) is 1.39. The molecule has 0 spiro atoms. The number of nitrogens with zero attached hydrogens (tertiary/aromatic N) is 1. The van der Waals surface area contributed by atoms with E-state index in [9.17, 15) is 4.79 Å². The number of carbonyl (C=O) groups excluding carboxylic acids is 1. The molecule has 1 aromatic rings. The second kappa shape index (κ2) is 4.44. The minimum atomic E-state index is -0.195. The molecule has 12 heavy (non-hydrogen) atoms. The molecule has 0 aliphatic heterocycles. The summed E-state index contributed by atoms with van der Waals surface area (Å²) in [5, 5.41) is 0. The van der Waals surface area contributed by atoms with E-state index < -0.39 is 0 Å². The van der Waals surface area contributed by atoms with Crippen LogP contribution in [-0.4, -0.2) is 23.0 Å². The molecule has 4 nitrogen and oxygen atoms in total. The highest BCUT2D eigenvalue weighted by Crippen LogP contribution is 2.03. The van der Waals surface area contributed by atoms with Gasteiger partial charge in [-0.15, -0.1) is 0 Å². The highest BCUT2D eigenvalue weighted by Gasteiger charge is 2.02. The largest absolute Gasteiger partial charge is 0.469 e. The number of aryl methyl sites for hydroxylation is 1. The molecule has 66 valence electrons. The van der Waals surface area contributed by atoms with Gasteiger partial charge in [-0.1, -0.05) is 0 Å². The molecule has 0 radical (unpaired) electrons. The first-order chi connectivity index (χ1) is 5.72. The smallest absolute Gasteiger partial charge is 0.305 e. The van der Waals surface area contributed by atoms with Gasteiger partial charge in [0, 0.05) is 11.9 Å². The van der Waals surface area contributed by atoms with Gasteiger partial charge in [0.05, 0.1) is 13.5 Å². The van der Waals surface area contributed by atoms with Gasteiger partial charge in [0.1, 0.15) is 0 Å². The Morgan fingerprint density at radius 2 is 2.58 bits per heavy atom. The van der Waals surface area contributed by atoms with E-state index in [0.29, 0.717) is 12.8 Å². The summed E-state index contributed by atoms with van der Waals surface area (Å²) in [5.74, 6) is -0.195. The summed E-state index contributed by atoms with van der Waals surface area (Å²) in [5.41, 5.74) is 0.963. The highest BCUT2D eigenvalue weighted by molar-refractivity contribution is 14.1. The molecule has 0 fully saturated rings. The number of halogens is 1. The van der Waals surface area contributed by atoms with E-state index in [0.717, 1.165) is 9.53 Å². The molecule has 0 aromatic carbocycles. The van der Waals surface area contributed by atoms with Crippen molar-refractivity contribution >= 4 is 28.6 Å². The SMILES string of the molecule is COC(=O)CCc1cnc(I)[nH]1. The molecular weight excluding hydrogens is 271 g/mol. The zero-order chi connectivity index (χ0) is 8.97. The molecule has 1 heterocycles. The molecule has 0 aliphatic carbocycles. The van der Waals surface area contributed by atoms with Crippen LogP contribution in [-0.2, 0) is 16.0 Å². The molecule has 0 atom stereocenters. The lowest BCUT2D eigenvalue weighted by Gasteiger charge is -1.95. The number of H-pyrrole nitrogens is 1. The minimum Gasteiger partial charge on any atom is -0.469 e. The van der Waals surface area contributed by atoms with E-state index in [1.165, 1.54) is 7.11 Å². The Balaban J connectivity index is 2.38. The first kappa shape index (κ1) is 9.50. The van der Waals surface area contributed by atoms with Crippen molar-refractivity contribution in [3.8, 4) is 0 Å². The predicted molar refractivity (Wildman–Crippen MR) is 51.6 cm³/mol. The van der Waals surface area contributed by atoms with Crippen molar-refractivity contribution in [2.24, 2.45) is 0 Å². The highest BCUT2D eigenvalue weighted by atomic mass is 127. The van der Waals surface area contributed by atoms with Crippen molar-refractivity contribution in [1.82, 2.24) is 9.97 Å². The molecule has 5 heteroatoms. The number of rotatable bonds is 3. The molecular formula is C7H9IN2O2. The number of imidazole rings is 1. The second-order valence-corrected chi connectivity index (χ2v) is 3.30. The fraction of sp³-hybridized carbons (Fsp3) is 0.429. The maximum absolute atomic E-state index is 10.7. The fourth-order valence-electron chi connectivity index (χ4n) is 0.797. The van der Waals surface area contributed by atoms with E-state index in [4.69, 9.17) is 0 Å². The van der Waals surface area contributed by atoms with Gasteiger partial charge in [-0.05, 0) is 29.0 Å². The van der Waals surface area contributed by atoms with E-state index in [1.54, 1.807) is 6.20 Å². The monoisotopic (exact) mass is 280 g/mol. The normalized spacial score (nSPS) is 9.83. The quantitative estimate of drug-likeness (QED) is 0.666. The number of hydrogen-bond acceptors (Lipinski definition) is 3. The number of carbonyl (C=O) groups is 1. The van der Waals surface area contributed by atoms with Crippen molar-refractivity contribution < 1.29 is 9.53 Å². The van der Waals surface area contributed by atoms with Crippen LogP contribution >= 0.6 is 22.6 Å². The lowest BCUT2D eigenvalue weighted by Crippen LogP contribution is -2.01. The Morgan fingerprint density at radius 3 is 3.08 bits per heavy atom. The second-order valence-electron chi connectivity index (χ2n) is 2.28. The lowest BCUT2D eigenvalue weighted by atomic mass is 10.2. The topological polar surface area (TPSA) is 55.0 Å². The van der Waals surface area contributed by atoms with Gasteiger partial charge in [0.2, 0.25) is 0 Å². The number of methoxy groups -OCH3 is 1. The number of esters is 1. The van der Waals surface area contributed by atoms with Crippen LogP contribution in [0.2, 0.25) is 0 Å². The Morgan fingerprint density at radius 1 is 1.83 bits per heavy atom. The summed E-state index contributed by atoms with van der Waals surface area (Å²) < 4.78 is 5.34. The first-order valence-corrected chi connectivity index (χ1v) is 4.56. The van der Waals surface area contributed by atoms with Crippen molar-refractivity contribution in [2.45, 2.75) is 12.8 Å². The van der Waals surface area contributed by atoms with E-state index in [1.807, 2.05) is 0 Å². The third-order valence-corrected chi connectivity index (χ3v) is 1.97. The van der Waals surface area contributed by atoms with Crippen LogP contribution in [0.3, 0.4) is 0 Å². The molecule has 1 aromatic heterocycles. The molecule has 1 N–H and O–H groups in total. The first-order valence-electron chi connectivity index (χ1n) is 3.48. The van der Waals surface area contributed by atoms with Gasteiger partial charge in [-0.3, -0.25) is 4.79 Å². The lowest BCUT2D eigenvalue weighted by molar-refractivity contribution is -0.140. The predicted octanol–water partition coefficient (Wildman–Crippen LogP) is 1.12. The summed E-state index contributed by atoms with van der Waals surface area (Å²) >= 11 is 2.08. The number of nitrogens with one attached hydrogen (secondary N) is 1. The maximum Gasteiger partial charge on any atom is 0.305 e. The van der Waals surface area contributed by atoms with Crippen molar-refractivity contribution in [3.63, 3.8) is 0 Å². The number of aromatic nitrogens is 2. The fourth-order valence-corrected chi connectivity index (χ4v) is 1.28. The van der Waals surface area contributed by atoms with Crippen LogP contribution < -0.4 is 0 Å². The zero-order valence-electron chi connectivity index (χ0n) is 6.63. The van der Waals surface area contributed by atoms with Crippen LogP contribution in [0.5, 0.6) is 0 Å². The van der Waals surface area contributed by atoms with Crippen molar-refractivity contribution in [2.75, 3.05) is 7.11 Å². The van der Waals surface area contributed by atoms with Crippen LogP contribution in [0.25, 0.3) is 0 Å². The molecule has 0 saturated heterocycles. The van der Waals surface area contributed by atoms with Gasteiger partial charge in [-0.2, -0.15) is 0 Å². The Labute approximate surface area is 83.9 Å². The Kier molecular flexibility index (Phi) is 3.51. The average molecular weight is 280 g/mol. The molecule has 0 amide bonds. The molecule has 0 unspecified atom stereocenters. The van der Waals surface area contributed by atoms with Crippen LogP contribution in [0.4, 0.5) is 0 Å². The maximum atomic E-state index is 10.7. The van der Waals surface area contributed by atoms with Gasteiger partial charge in [-0.25, -0.2) is 4.98 Å². The van der Waals surface area contributed by atoms with Crippen LogP contribution in [0, 0.1) is 3.83 Å². The summed E-state index contributed by atoms with van der Waals surface area (Å²) in [4.78, 5) is 17.8. The van der Waals surface area contributed by atoms with Crippen molar-refractivity contribution in [1.29, 1.82) is 0 Å². The van der Waals surface area contributed by atoms with Crippen LogP contribution in [0.1, 0.15) is 12.1 Å². The third-order valence-electron chi connectivity index (χ3n) is 1.42. The summed E-state index contributed by atoms with van der Waals surface area (Å²) in [6, 6.07) is 0. The number of ether oxygens (including phenoxy) is 1. The standard InChI is InChI=1S/C7H9IN2O2/c1-12-6(11)3-2-5-4-9-7(8)10-5/h4H,2-3H2,1H3,(H,9,10). The molecule has 0 bridgehead atoms. The van der Waals surface area contributed by atoms with Gasteiger partial charge in [0.25, 0.3) is 0 Å². The average Bonchev–Trinajstić information content (AvgIpc) is 2.47. The summed E-state index contributed by atoms with van der Waals surface area (Å²) in [6.07, 6.45) is 2.78. The van der Waals surface area contributed by atoms with Crippen LogP contribution in [0.15, 0.2) is 6.20 Å². The third kappa shape index (κ3) is 2.80. The minimum absolute atomic E-state index is 0.195. The van der Waals surface area contributed by atoms with Gasteiger partial charge < -0.3 is 9.72 Å². The number of hydrogen-bond donors (Lipinski definition) is 1. The van der Waals surface area contributed by atoms with Gasteiger partial charge >= 0.3 is 5.97 Å². The van der Waals surface area contributed by atoms with E-state index in [-0.39, 0.29) is 5.97 Å². The summed E-state index contributed by atoms with van der Waals surface area (Å²) in [6.45, 7) is 0. The Bertz CT molecular complexity index is 272. The molecule has 1 rings (SSSR count). The van der Waals surface area contributed by atoms with E-state index >= 15 is 0 Å². The Hall–Kier alpha value is -0.590. The molecule has 0 aliphatic rings. The van der Waals surface area contributed by atoms with Crippen molar-refractivity contribution in [3.05, 3.63) is 15.7 Å². The van der Waals surface area contributed by atoms with E-state index in [2.05, 4.69) is 37.3 Å². The molecule has 0 saturated carbocycles. The van der Waals surface area contributed by atoms with Gasteiger partial charge in [0.15, 0.2) is 3.83 Å².